The second kappa shape index (κ2) is 8.91. The van der Waals surface area contributed by atoms with E-state index in [2.05, 4.69) is 43.0 Å². The molecule has 3 aliphatic rings. The molecule has 2 aliphatic heterocycles. The Labute approximate surface area is 187 Å². The number of amides is 3. The van der Waals surface area contributed by atoms with Crippen LogP contribution in [-0.4, -0.2) is 89.9 Å². The average Bonchev–Trinajstić information content (AvgIpc) is 3.24. The van der Waals surface area contributed by atoms with Crippen molar-refractivity contribution < 1.29 is 9.59 Å². The van der Waals surface area contributed by atoms with Crippen molar-refractivity contribution in [1.82, 2.24) is 19.6 Å². The first-order chi connectivity index (χ1) is 14.8. The first-order valence-electron chi connectivity index (χ1n) is 11.9. The molecule has 6 heteroatoms. The highest BCUT2D eigenvalue weighted by atomic mass is 16.2. The lowest BCUT2D eigenvalue weighted by molar-refractivity contribution is -0.136. The summed E-state index contributed by atoms with van der Waals surface area (Å²) in [6, 6.07) is 9.20. The van der Waals surface area contributed by atoms with Crippen molar-refractivity contribution in [2.75, 3.05) is 46.8 Å². The maximum atomic E-state index is 13.6. The van der Waals surface area contributed by atoms with Crippen molar-refractivity contribution >= 4 is 11.9 Å². The van der Waals surface area contributed by atoms with Crippen molar-refractivity contribution in [3.05, 3.63) is 35.4 Å². The van der Waals surface area contributed by atoms with Gasteiger partial charge in [0.15, 0.2) is 0 Å². The number of imide groups is 1. The van der Waals surface area contributed by atoms with Gasteiger partial charge in [0.2, 0.25) is 0 Å². The zero-order chi connectivity index (χ0) is 22.2. The van der Waals surface area contributed by atoms with Crippen LogP contribution in [0, 0.1) is 5.92 Å². The number of nitrogens with zero attached hydrogens (tertiary/aromatic N) is 4. The van der Waals surface area contributed by atoms with E-state index in [0.717, 1.165) is 45.2 Å². The van der Waals surface area contributed by atoms with Crippen LogP contribution in [-0.2, 0) is 17.6 Å². The Morgan fingerprint density at radius 3 is 2.19 bits per heavy atom. The topological polar surface area (TPSA) is 47.1 Å². The number of benzene rings is 1. The van der Waals surface area contributed by atoms with Crippen LogP contribution in [0.25, 0.3) is 0 Å². The predicted octanol–water partition coefficient (Wildman–Crippen LogP) is 2.86. The molecule has 2 saturated heterocycles. The molecule has 1 aromatic rings. The number of likely N-dealkylation sites (N-methyl/N-ethyl adjacent to an activating group) is 1. The summed E-state index contributed by atoms with van der Waals surface area (Å²) in [4.78, 5) is 35.0. The van der Waals surface area contributed by atoms with E-state index in [9.17, 15) is 9.59 Å². The van der Waals surface area contributed by atoms with E-state index in [4.69, 9.17) is 0 Å². The molecule has 4 rings (SSSR count). The van der Waals surface area contributed by atoms with Crippen LogP contribution in [0.2, 0.25) is 0 Å². The Morgan fingerprint density at radius 1 is 1.03 bits per heavy atom. The van der Waals surface area contributed by atoms with E-state index in [0.29, 0.717) is 31.6 Å². The average molecular weight is 427 g/mol. The van der Waals surface area contributed by atoms with Gasteiger partial charge in [-0.3, -0.25) is 14.6 Å². The van der Waals surface area contributed by atoms with Crippen LogP contribution in [0.4, 0.5) is 4.79 Å². The van der Waals surface area contributed by atoms with Gasteiger partial charge in [0.05, 0.1) is 0 Å². The molecule has 1 spiro atoms. The fourth-order valence-corrected chi connectivity index (χ4v) is 5.51. The summed E-state index contributed by atoms with van der Waals surface area (Å²) >= 11 is 0. The van der Waals surface area contributed by atoms with Gasteiger partial charge < -0.3 is 9.80 Å². The van der Waals surface area contributed by atoms with Crippen molar-refractivity contribution in [2.24, 2.45) is 5.92 Å². The van der Waals surface area contributed by atoms with Gasteiger partial charge >= 0.3 is 6.03 Å². The monoisotopic (exact) mass is 426 g/mol. The molecule has 0 unspecified atom stereocenters. The standard InChI is InChI=1S/C25H38N4O2/c1-19(2)9-12-29-24(31)28(16-15-26(3)4)23(30)25(29)10-13-27(14-11-25)22-17-20-7-5-6-8-21(20)18-22/h5-8,19,22H,9-18H2,1-4H3. The third-order valence-electron chi connectivity index (χ3n) is 7.49. The first kappa shape index (κ1) is 22.3. The van der Waals surface area contributed by atoms with Gasteiger partial charge in [-0.1, -0.05) is 38.1 Å². The Bertz CT molecular complexity index is 788. The van der Waals surface area contributed by atoms with E-state index in [1.807, 2.05) is 23.9 Å². The van der Waals surface area contributed by atoms with E-state index in [1.54, 1.807) is 0 Å². The molecule has 0 atom stereocenters. The number of piperidine rings is 1. The molecule has 1 aromatic carbocycles. The highest BCUT2D eigenvalue weighted by Gasteiger charge is 2.57. The normalized spacial score (nSPS) is 21.9. The summed E-state index contributed by atoms with van der Waals surface area (Å²) in [6.07, 6.45) is 4.63. The SMILES string of the molecule is CC(C)CCN1C(=O)N(CCN(C)C)C(=O)C12CCN(C1Cc3ccccc3C1)CC2. The minimum atomic E-state index is -0.639. The number of hydrogen-bond acceptors (Lipinski definition) is 4. The fraction of sp³-hybridized carbons (Fsp3) is 0.680. The number of fused-ring (bicyclic) bond motifs is 1. The molecular formula is C25H38N4O2. The Balaban J connectivity index is 1.47. The Kier molecular flexibility index (Phi) is 6.40. The number of rotatable bonds is 7. The maximum absolute atomic E-state index is 13.6. The van der Waals surface area contributed by atoms with Crippen LogP contribution in [0.1, 0.15) is 44.2 Å². The lowest BCUT2D eigenvalue weighted by Gasteiger charge is -2.44. The van der Waals surface area contributed by atoms with Crippen molar-refractivity contribution in [3.8, 4) is 0 Å². The third-order valence-corrected chi connectivity index (χ3v) is 7.49. The second-order valence-electron chi connectivity index (χ2n) is 10.3. The van der Waals surface area contributed by atoms with Gasteiger partial charge in [-0.05, 0) is 63.2 Å². The smallest absolute Gasteiger partial charge is 0.309 e. The highest BCUT2D eigenvalue weighted by molar-refractivity contribution is 6.07. The largest absolute Gasteiger partial charge is 0.327 e. The summed E-state index contributed by atoms with van der Waals surface area (Å²) in [6.45, 7) is 7.99. The zero-order valence-corrected chi connectivity index (χ0v) is 19.6. The minimum Gasteiger partial charge on any atom is -0.309 e. The summed E-state index contributed by atoms with van der Waals surface area (Å²) in [5, 5.41) is 0. The number of carbonyl (C=O) groups is 2. The molecule has 2 fully saturated rings. The first-order valence-corrected chi connectivity index (χ1v) is 11.9. The molecule has 2 heterocycles. The van der Waals surface area contributed by atoms with Crippen molar-refractivity contribution in [1.29, 1.82) is 0 Å². The van der Waals surface area contributed by atoms with Crippen molar-refractivity contribution in [3.63, 3.8) is 0 Å². The number of carbonyl (C=O) groups excluding carboxylic acids is 2. The van der Waals surface area contributed by atoms with Crippen LogP contribution in [0.5, 0.6) is 0 Å². The molecule has 0 bridgehead atoms. The molecule has 0 saturated carbocycles. The molecule has 0 N–H and O–H groups in total. The third kappa shape index (κ3) is 4.24. The van der Waals surface area contributed by atoms with Gasteiger partial charge in [-0.15, -0.1) is 0 Å². The van der Waals surface area contributed by atoms with E-state index >= 15 is 0 Å². The Morgan fingerprint density at radius 2 is 1.65 bits per heavy atom. The van der Waals surface area contributed by atoms with Crippen LogP contribution in [0.15, 0.2) is 24.3 Å². The number of urea groups is 1. The lowest BCUT2D eigenvalue weighted by atomic mass is 9.84. The summed E-state index contributed by atoms with van der Waals surface area (Å²) in [7, 11) is 3.96. The van der Waals surface area contributed by atoms with Gasteiger partial charge in [0, 0.05) is 38.8 Å². The second-order valence-corrected chi connectivity index (χ2v) is 10.3. The molecular weight excluding hydrogens is 388 g/mol. The molecule has 6 nitrogen and oxygen atoms in total. The molecule has 0 aromatic heterocycles. The molecule has 1 aliphatic carbocycles. The predicted molar refractivity (Wildman–Crippen MR) is 123 cm³/mol. The van der Waals surface area contributed by atoms with Crippen LogP contribution >= 0.6 is 0 Å². The summed E-state index contributed by atoms with van der Waals surface area (Å²) in [5.41, 5.74) is 2.29. The quantitative estimate of drug-likeness (QED) is 0.629. The summed E-state index contributed by atoms with van der Waals surface area (Å²) in [5.74, 6) is 0.547. The van der Waals surface area contributed by atoms with Gasteiger partial charge in [0.1, 0.15) is 5.54 Å². The van der Waals surface area contributed by atoms with Gasteiger partial charge in [-0.25, -0.2) is 4.79 Å². The summed E-state index contributed by atoms with van der Waals surface area (Å²) < 4.78 is 0. The zero-order valence-electron chi connectivity index (χ0n) is 19.6. The lowest BCUT2D eigenvalue weighted by Crippen LogP contribution is -2.58. The van der Waals surface area contributed by atoms with Gasteiger partial charge in [-0.2, -0.15) is 0 Å². The molecule has 170 valence electrons. The Hall–Kier alpha value is -1.92. The number of likely N-dealkylation sites (tertiary alicyclic amines) is 1. The highest BCUT2D eigenvalue weighted by Crippen LogP contribution is 2.39. The van der Waals surface area contributed by atoms with E-state index in [1.165, 1.54) is 16.0 Å². The molecule has 0 radical (unpaired) electrons. The molecule has 3 amide bonds. The van der Waals surface area contributed by atoms with Crippen LogP contribution in [0.3, 0.4) is 0 Å². The molecule has 31 heavy (non-hydrogen) atoms. The van der Waals surface area contributed by atoms with Crippen LogP contribution < -0.4 is 0 Å². The minimum absolute atomic E-state index is 0.0393. The van der Waals surface area contributed by atoms with Gasteiger partial charge in [0.25, 0.3) is 5.91 Å². The van der Waals surface area contributed by atoms with E-state index in [-0.39, 0.29) is 11.9 Å². The fourth-order valence-electron chi connectivity index (χ4n) is 5.51. The number of hydrogen-bond donors (Lipinski definition) is 0. The van der Waals surface area contributed by atoms with E-state index < -0.39 is 5.54 Å². The van der Waals surface area contributed by atoms with Crippen molar-refractivity contribution in [2.45, 2.75) is 57.5 Å². The maximum Gasteiger partial charge on any atom is 0.327 e.